The molecule has 3 nitrogen and oxygen atoms in total. The normalized spacial score (nSPS) is 19.6. The summed E-state index contributed by atoms with van der Waals surface area (Å²) in [7, 11) is 0. The maximum absolute atomic E-state index is 10.0. The first kappa shape index (κ1) is 7.47. The minimum absolute atomic E-state index is 0.0625. The Balaban J connectivity index is 2.41. The Hall–Kier alpha value is -0.640. The van der Waals surface area contributed by atoms with Crippen LogP contribution < -0.4 is 11.1 Å². The van der Waals surface area contributed by atoms with Crippen LogP contribution in [0.4, 0.5) is 0 Å². The Kier molecular flexibility index (Phi) is 2.21. The number of carbonyl (C=O) groups is 1. The van der Waals surface area contributed by atoms with Gasteiger partial charge in [0.25, 0.3) is 0 Å². The van der Waals surface area contributed by atoms with Gasteiger partial charge in [-0.25, -0.2) is 0 Å². The number of nitrogens with two attached hydrogens (primary N) is 1. The number of carbonyl (C=O) groups excluding carboxylic acids is 1. The molecule has 1 unspecified atom stereocenters. The van der Waals surface area contributed by atoms with Crippen molar-refractivity contribution >= 4 is 23.6 Å². The molecule has 1 rings (SSSR count). The summed E-state index contributed by atoms with van der Waals surface area (Å²) in [5.41, 5.74) is 5.37. The maximum Gasteiger partial charge on any atom is 0.207 e. The SMILES string of the molecule is NC(=S)C(NC=O)C1CC1. The molecule has 1 fully saturated rings. The van der Waals surface area contributed by atoms with Gasteiger partial charge in [-0.05, 0) is 18.8 Å². The monoisotopic (exact) mass is 158 g/mol. The molecule has 0 radical (unpaired) electrons. The number of rotatable bonds is 4. The largest absolute Gasteiger partial charge is 0.392 e. The van der Waals surface area contributed by atoms with Gasteiger partial charge in [0.15, 0.2) is 0 Å². The Morgan fingerprint density at radius 1 is 1.80 bits per heavy atom. The molecule has 1 aliphatic carbocycles. The highest BCUT2D eigenvalue weighted by molar-refractivity contribution is 7.80. The Morgan fingerprint density at radius 3 is 2.70 bits per heavy atom. The van der Waals surface area contributed by atoms with E-state index in [9.17, 15) is 4.79 Å². The zero-order chi connectivity index (χ0) is 7.56. The van der Waals surface area contributed by atoms with E-state index in [0.717, 1.165) is 12.8 Å². The molecule has 0 bridgehead atoms. The van der Waals surface area contributed by atoms with Gasteiger partial charge in [-0.1, -0.05) is 12.2 Å². The average molecular weight is 158 g/mol. The number of hydrogen-bond donors (Lipinski definition) is 2. The summed E-state index contributed by atoms with van der Waals surface area (Å²) < 4.78 is 0. The lowest BCUT2D eigenvalue weighted by atomic mass is 10.2. The van der Waals surface area contributed by atoms with Gasteiger partial charge in [-0.15, -0.1) is 0 Å². The van der Waals surface area contributed by atoms with Crippen LogP contribution in [0.2, 0.25) is 0 Å². The van der Waals surface area contributed by atoms with Crippen LogP contribution in [0, 0.1) is 5.92 Å². The van der Waals surface area contributed by atoms with Crippen molar-refractivity contribution in [3.63, 3.8) is 0 Å². The summed E-state index contributed by atoms with van der Waals surface area (Å²) in [5, 5.41) is 2.60. The molecule has 56 valence electrons. The standard InChI is InChI=1S/C6H10N2OS/c7-6(10)5(8-3-9)4-1-2-4/h3-5H,1-2H2,(H2,7,10)(H,8,9). The number of nitrogens with one attached hydrogen (secondary N) is 1. The minimum atomic E-state index is -0.0625. The van der Waals surface area contributed by atoms with Crippen LogP contribution in [-0.4, -0.2) is 17.4 Å². The Bertz CT molecular complexity index is 156. The molecule has 0 aromatic carbocycles. The van der Waals surface area contributed by atoms with Gasteiger partial charge in [0.05, 0.1) is 11.0 Å². The van der Waals surface area contributed by atoms with E-state index in [1.807, 2.05) is 0 Å². The van der Waals surface area contributed by atoms with Crippen LogP contribution in [-0.2, 0) is 4.79 Å². The summed E-state index contributed by atoms with van der Waals surface area (Å²) in [5.74, 6) is 0.502. The van der Waals surface area contributed by atoms with Crippen molar-refractivity contribution in [2.45, 2.75) is 18.9 Å². The molecular formula is C6H10N2OS. The quantitative estimate of drug-likeness (QED) is 0.440. The third-order valence-electron chi connectivity index (χ3n) is 1.65. The lowest BCUT2D eigenvalue weighted by molar-refractivity contribution is -0.109. The van der Waals surface area contributed by atoms with E-state index in [0.29, 0.717) is 17.3 Å². The van der Waals surface area contributed by atoms with Crippen LogP contribution >= 0.6 is 12.2 Å². The highest BCUT2D eigenvalue weighted by atomic mass is 32.1. The van der Waals surface area contributed by atoms with E-state index in [1.54, 1.807) is 0 Å². The average Bonchev–Trinajstić information content (AvgIpc) is 2.63. The molecule has 10 heavy (non-hydrogen) atoms. The van der Waals surface area contributed by atoms with Crippen LogP contribution in [0.3, 0.4) is 0 Å². The van der Waals surface area contributed by atoms with Gasteiger partial charge in [-0.2, -0.15) is 0 Å². The van der Waals surface area contributed by atoms with Crippen molar-refractivity contribution in [1.82, 2.24) is 5.32 Å². The van der Waals surface area contributed by atoms with Crippen molar-refractivity contribution in [2.75, 3.05) is 0 Å². The Morgan fingerprint density at radius 2 is 2.40 bits per heavy atom. The molecule has 4 heteroatoms. The first-order valence-corrected chi connectivity index (χ1v) is 3.65. The van der Waals surface area contributed by atoms with E-state index in [4.69, 9.17) is 18.0 Å². The lowest BCUT2D eigenvalue weighted by Gasteiger charge is -2.11. The Labute approximate surface area is 65.0 Å². The molecular weight excluding hydrogens is 148 g/mol. The topological polar surface area (TPSA) is 55.1 Å². The zero-order valence-electron chi connectivity index (χ0n) is 5.54. The van der Waals surface area contributed by atoms with Crippen molar-refractivity contribution in [1.29, 1.82) is 0 Å². The highest BCUT2D eigenvalue weighted by Gasteiger charge is 2.32. The maximum atomic E-state index is 10.0. The fourth-order valence-corrected chi connectivity index (χ4v) is 1.21. The second kappa shape index (κ2) is 2.96. The second-order valence-electron chi connectivity index (χ2n) is 2.50. The van der Waals surface area contributed by atoms with E-state index >= 15 is 0 Å². The summed E-state index contributed by atoms with van der Waals surface area (Å²) in [6.45, 7) is 0. The lowest BCUT2D eigenvalue weighted by Crippen LogP contribution is -2.40. The molecule has 0 aromatic rings. The smallest absolute Gasteiger partial charge is 0.207 e. The van der Waals surface area contributed by atoms with Crippen molar-refractivity contribution < 1.29 is 4.79 Å². The third-order valence-corrected chi connectivity index (χ3v) is 1.90. The molecule has 0 saturated heterocycles. The zero-order valence-corrected chi connectivity index (χ0v) is 6.36. The molecule has 0 aliphatic heterocycles. The van der Waals surface area contributed by atoms with Crippen molar-refractivity contribution in [3.05, 3.63) is 0 Å². The number of amides is 1. The van der Waals surface area contributed by atoms with Gasteiger partial charge in [0.1, 0.15) is 0 Å². The summed E-state index contributed by atoms with van der Waals surface area (Å²) in [6, 6.07) is -0.0625. The predicted molar refractivity (Wildman–Crippen MR) is 42.5 cm³/mol. The molecule has 3 N–H and O–H groups in total. The van der Waals surface area contributed by atoms with Crippen molar-refractivity contribution in [3.8, 4) is 0 Å². The van der Waals surface area contributed by atoms with Gasteiger partial charge in [0, 0.05) is 0 Å². The predicted octanol–water partition coefficient (Wildman–Crippen LogP) is -0.203. The van der Waals surface area contributed by atoms with E-state index in [2.05, 4.69) is 5.32 Å². The summed E-state index contributed by atoms with van der Waals surface area (Å²) in [4.78, 5) is 10.4. The third kappa shape index (κ3) is 1.67. The van der Waals surface area contributed by atoms with E-state index < -0.39 is 0 Å². The second-order valence-corrected chi connectivity index (χ2v) is 2.97. The van der Waals surface area contributed by atoms with Crippen LogP contribution in [0.25, 0.3) is 0 Å². The highest BCUT2D eigenvalue weighted by Crippen LogP contribution is 2.32. The van der Waals surface area contributed by atoms with Gasteiger partial charge >= 0.3 is 0 Å². The first-order valence-electron chi connectivity index (χ1n) is 3.24. The van der Waals surface area contributed by atoms with Crippen LogP contribution in [0.1, 0.15) is 12.8 Å². The fraction of sp³-hybridized carbons (Fsp3) is 0.667. The molecule has 0 heterocycles. The number of hydrogen-bond acceptors (Lipinski definition) is 2. The van der Waals surface area contributed by atoms with Crippen LogP contribution in [0.15, 0.2) is 0 Å². The van der Waals surface area contributed by atoms with Crippen LogP contribution in [0.5, 0.6) is 0 Å². The van der Waals surface area contributed by atoms with E-state index in [-0.39, 0.29) is 6.04 Å². The summed E-state index contributed by atoms with van der Waals surface area (Å²) in [6.07, 6.45) is 2.91. The van der Waals surface area contributed by atoms with Gasteiger partial charge in [0.2, 0.25) is 6.41 Å². The summed E-state index contributed by atoms with van der Waals surface area (Å²) >= 11 is 4.76. The van der Waals surface area contributed by atoms with E-state index in [1.165, 1.54) is 0 Å². The molecule has 0 spiro atoms. The molecule has 1 saturated carbocycles. The molecule has 1 atom stereocenters. The minimum Gasteiger partial charge on any atom is -0.392 e. The molecule has 1 amide bonds. The first-order chi connectivity index (χ1) is 4.75. The van der Waals surface area contributed by atoms with Crippen molar-refractivity contribution in [2.24, 2.45) is 11.7 Å². The van der Waals surface area contributed by atoms with Gasteiger partial charge in [-0.3, -0.25) is 4.79 Å². The fourth-order valence-electron chi connectivity index (χ4n) is 0.953. The number of thiocarbonyl (C=S) groups is 1. The molecule has 0 aromatic heterocycles. The van der Waals surface area contributed by atoms with Gasteiger partial charge < -0.3 is 11.1 Å². The molecule has 1 aliphatic rings.